The van der Waals surface area contributed by atoms with Crippen molar-refractivity contribution in [3.63, 3.8) is 0 Å². The lowest BCUT2D eigenvalue weighted by Crippen LogP contribution is -2.29. The van der Waals surface area contributed by atoms with Gasteiger partial charge in [0.25, 0.3) is 5.56 Å². The normalized spacial score (nSPS) is 20.9. The number of pyridine rings is 1. The highest BCUT2D eigenvalue weighted by atomic mass is 16.1. The van der Waals surface area contributed by atoms with E-state index in [1.54, 1.807) is 10.6 Å². The van der Waals surface area contributed by atoms with Crippen LogP contribution in [0.5, 0.6) is 0 Å². The maximum absolute atomic E-state index is 11.5. The number of aromatic nitrogens is 1. The molecule has 0 amide bonds. The summed E-state index contributed by atoms with van der Waals surface area (Å²) in [6.07, 6.45) is 5.60. The molecule has 2 N–H and O–H groups in total. The first-order valence-electron chi connectivity index (χ1n) is 6.89. The molecule has 0 bridgehead atoms. The van der Waals surface area contributed by atoms with Crippen LogP contribution in [0, 0.1) is 0 Å². The second-order valence-corrected chi connectivity index (χ2v) is 5.12. The fraction of sp³-hybridized carbons (Fsp3) is 0.643. The Hall–Kier alpha value is -1.29. The van der Waals surface area contributed by atoms with Crippen LogP contribution in [0.4, 0.5) is 5.69 Å². The third kappa shape index (κ3) is 3.35. The fourth-order valence-corrected chi connectivity index (χ4v) is 2.59. The van der Waals surface area contributed by atoms with E-state index in [1.165, 1.54) is 12.8 Å². The molecule has 2 atom stereocenters. The van der Waals surface area contributed by atoms with Gasteiger partial charge in [-0.2, -0.15) is 0 Å². The molecule has 0 aliphatic carbocycles. The van der Waals surface area contributed by atoms with Crippen LogP contribution in [0.15, 0.2) is 23.1 Å². The van der Waals surface area contributed by atoms with Crippen LogP contribution in [0.1, 0.15) is 33.1 Å². The molecule has 1 aromatic heterocycles. The molecule has 0 spiro atoms. The summed E-state index contributed by atoms with van der Waals surface area (Å²) in [4.78, 5) is 11.5. The van der Waals surface area contributed by atoms with Gasteiger partial charge in [-0.1, -0.05) is 0 Å². The van der Waals surface area contributed by atoms with E-state index in [1.807, 2.05) is 19.2 Å². The van der Waals surface area contributed by atoms with Gasteiger partial charge in [-0.3, -0.25) is 4.79 Å². The predicted octanol–water partition coefficient (Wildman–Crippen LogP) is 1.81. The van der Waals surface area contributed by atoms with Gasteiger partial charge < -0.3 is 15.2 Å². The summed E-state index contributed by atoms with van der Waals surface area (Å²) >= 11 is 0. The van der Waals surface area contributed by atoms with E-state index in [2.05, 4.69) is 17.6 Å². The van der Waals surface area contributed by atoms with Crippen molar-refractivity contribution in [2.45, 2.75) is 51.7 Å². The second-order valence-electron chi connectivity index (χ2n) is 5.12. The largest absolute Gasteiger partial charge is 0.381 e. The number of nitrogens with zero attached hydrogens (tertiary/aromatic N) is 1. The van der Waals surface area contributed by atoms with E-state index < -0.39 is 0 Å². The average Bonchev–Trinajstić information content (AvgIpc) is 2.84. The van der Waals surface area contributed by atoms with Crippen LogP contribution in [0.25, 0.3) is 0 Å². The number of hydrogen-bond donors (Lipinski definition) is 2. The Labute approximate surface area is 108 Å². The zero-order valence-corrected chi connectivity index (χ0v) is 11.3. The van der Waals surface area contributed by atoms with Crippen molar-refractivity contribution in [3.05, 3.63) is 28.7 Å². The van der Waals surface area contributed by atoms with E-state index in [0.29, 0.717) is 18.6 Å². The Morgan fingerprint density at radius 1 is 1.56 bits per heavy atom. The fourth-order valence-electron chi connectivity index (χ4n) is 2.59. The van der Waals surface area contributed by atoms with Crippen molar-refractivity contribution in [2.24, 2.45) is 0 Å². The molecule has 2 unspecified atom stereocenters. The predicted molar refractivity (Wildman–Crippen MR) is 75.1 cm³/mol. The third-order valence-corrected chi connectivity index (χ3v) is 3.54. The van der Waals surface area contributed by atoms with Crippen molar-refractivity contribution in [2.75, 3.05) is 11.9 Å². The lowest BCUT2D eigenvalue weighted by atomic mass is 10.1. The van der Waals surface area contributed by atoms with Gasteiger partial charge in [0.05, 0.1) is 5.69 Å². The number of rotatable bonds is 5. The average molecular weight is 249 g/mol. The zero-order chi connectivity index (χ0) is 13.0. The van der Waals surface area contributed by atoms with Gasteiger partial charge in [0.15, 0.2) is 0 Å². The molecule has 4 heteroatoms. The number of nitrogens with one attached hydrogen (secondary N) is 2. The Kier molecular flexibility index (Phi) is 4.42. The first-order chi connectivity index (χ1) is 8.69. The highest BCUT2D eigenvalue weighted by Crippen LogP contribution is 2.14. The van der Waals surface area contributed by atoms with Crippen molar-refractivity contribution >= 4 is 5.69 Å². The molecule has 1 saturated heterocycles. The van der Waals surface area contributed by atoms with Crippen molar-refractivity contribution in [3.8, 4) is 0 Å². The van der Waals surface area contributed by atoms with Crippen LogP contribution < -0.4 is 16.2 Å². The molecular formula is C14H23N3O. The summed E-state index contributed by atoms with van der Waals surface area (Å²) in [6, 6.07) is 4.56. The highest BCUT2D eigenvalue weighted by molar-refractivity contribution is 5.41. The number of anilines is 1. The molecule has 0 radical (unpaired) electrons. The van der Waals surface area contributed by atoms with E-state index in [4.69, 9.17) is 0 Å². The smallest absolute Gasteiger partial charge is 0.250 e. The maximum atomic E-state index is 11.5. The summed E-state index contributed by atoms with van der Waals surface area (Å²) in [7, 11) is 0. The summed E-state index contributed by atoms with van der Waals surface area (Å²) in [5, 5.41) is 6.98. The lowest BCUT2D eigenvalue weighted by molar-refractivity contribution is 0.523. The molecule has 1 aromatic rings. The zero-order valence-electron chi connectivity index (χ0n) is 11.3. The Morgan fingerprint density at radius 3 is 3.06 bits per heavy atom. The summed E-state index contributed by atoms with van der Waals surface area (Å²) in [5.74, 6) is 0. The Balaban J connectivity index is 1.93. The van der Waals surface area contributed by atoms with E-state index in [9.17, 15) is 4.79 Å². The summed E-state index contributed by atoms with van der Waals surface area (Å²) in [5.41, 5.74) is 1.09. The highest BCUT2D eigenvalue weighted by Gasteiger charge is 2.16. The molecule has 1 aliphatic heterocycles. The molecule has 1 aliphatic rings. The molecule has 0 aromatic carbocycles. The minimum absolute atomic E-state index is 0.0631. The van der Waals surface area contributed by atoms with Gasteiger partial charge in [0.2, 0.25) is 0 Å². The molecule has 18 heavy (non-hydrogen) atoms. The third-order valence-electron chi connectivity index (χ3n) is 3.54. The standard InChI is InChI=1S/C14H23N3O/c1-3-17-10-13(6-7-14(17)18)16-11(2)9-12-5-4-8-15-12/h6-7,10-12,15-16H,3-5,8-9H2,1-2H3. The van der Waals surface area contributed by atoms with Crippen molar-refractivity contribution in [1.29, 1.82) is 0 Å². The SMILES string of the molecule is CCn1cc(NC(C)CC2CCCN2)ccc1=O. The molecule has 2 rings (SSSR count). The number of hydrogen-bond acceptors (Lipinski definition) is 3. The van der Waals surface area contributed by atoms with Gasteiger partial charge in [-0.25, -0.2) is 0 Å². The molecular weight excluding hydrogens is 226 g/mol. The quantitative estimate of drug-likeness (QED) is 0.836. The second kappa shape index (κ2) is 6.05. The van der Waals surface area contributed by atoms with Crippen LogP contribution in [0.2, 0.25) is 0 Å². The summed E-state index contributed by atoms with van der Waals surface area (Å²) < 4.78 is 1.73. The van der Waals surface area contributed by atoms with Crippen molar-refractivity contribution in [1.82, 2.24) is 9.88 Å². The van der Waals surface area contributed by atoms with Gasteiger partial charge in [0, 0.05) is 30.9 Å². The minimum atomic E-state index is 0.0631. The molecule has 2 heterocycles. The Bertz CT molecular complexity index is 435. The van der Waals surface area contributed by atoms with Crippen molar-refractivity contribution < 1.29 is 0 Å². The van der Waals surface area contributed by atoms with Gasteiger partial charge in [-0.15, -0.1) is 0 Å². The Morgan fingerprint density at radius 2 is 2.39 bits per heavy atom. The van der Waals surface area contributed by atoms with Crippen LogP contribution in [0.3, 0.4) is 0 Å². The molecule has 1 fully saturated rings. The van der Waals surface area contributed by atoms with Gasteiger partial charge in [-0.05, 0) is 45.7 Å². The lowest BCUT2D eigenvalue weighted by Gasteiger charge is -2.19. The summed E-state index contributed by atoms with van der Waals surface area (Å²) in [6.45, 7) is 6.05. The molecule has 4 nitrogen and oxygen atoms in total. The van der Waals surface area contributed by atoms with Crippen LogP contribution in [-0.2, 0) is 6.54 Å². The minimum Gasteiger partial charge on any atom is -0.381 e. The van der Waals surface area contributed by atoms with Crippen LogP contribution >= 0.6 is 0 Å². The van der Waals surface area contributed by atoms with E-state index in [-0.39, 0.29) is 5.56 Å². The topological polar surface area (TPSA) is 46.1 Å². The van der Waals surface area contributed by atoms with Gasteiger partial charge >= 0.3 is 0 Å². The van der Waals surface area contributed by atoms with Crippen LogP contribution in [-0.4, -0.2) is 23.2 Å². The number of aryl methyl sites for hydroxylation is 1. The first kappa shape index (κ1) is 13.1. The molecule has 0 saturated carbocycles. The van der Waals surface area contributed by atoms with E-state index >= 15 is 0 Å². The van der Waals surface area contributed by atoms with E-state index in [0.717, 1.165) is 18.7 Å². The molecule has 100 valence electrons. The monoisotopic (exact) mass is 249 g/mol. The maximum Gasteiger partial charge on any atom is 0.250 e. The first-order valence-corrected chi connectivity index (χ1v) is 6.89. The van der Waals surface area contributed by atoms with Gasteiger partial charge in [0.1, 0.15) is 0 Å².